The summed E-state index contributed by atoms with van der Waals surface area (Å²) >= 11 is 0. The molecule has 1 atom stereocenters. The normalized spacial score (nSPS) is 19.5. The van der Waals surface area contributed by atoms with E-state index in [0.29, 0.717) is 24.6 Å². The Labute approximate surface area is 105 Å². The molecule has 1 saturated heterocycles. The van der Waals surface area contributed by atoms with Crippen LogP contribution >= 0.6 is 0 Å². The lowest BCUT2D eigenvalue weighted by atomic mass is 10.0. The maximum absolute atomic E-state index is 11.8. The monoisotopic (exact) mass is 251 g/mol. The lowest BCUT2D eigenvalue weighted by Crippen LogP contribution is -2.25. The second-order valence-corrected chi connectivity index (χ2v) is 4.70. The van der Waals surface area contributed by atoms with Gasteiger partial charge in [0.1, 0.15) is 11.3 Å². The number of hydrogen-bond donors (Lipinski definition) is 1. The van der Waals surface area contributed by atoms with Gasteiger partial charge in [0.25, 0.3) is 0 Å². The quantitative estimate of drug-likeness (QED) is 0.870. The van der Waals surface area contributed by atoms with Crippen LogP contribution in [-0.4, -0.2) is 28.4 Å². The van der Waals surface area contributed by atoms with Crippen molar-refractivity contribution in [1.82, 2.24) is 4.90 Å². The van der Waals surface area contributed by atoms with Crippen molar-refractivity contribution < 1.29 is 19.1 Å². The van der Waals surface area contributed by atoms with E-state index >= 15 is 0 Å². The van der Waals surface area contributed by atoms with E-state index in [1.165, 1.54) is 12.3 Å². The molecule has 1 fully saturated rings. The van der Waals surface area contributed by atoms with Crippen molar-refractivity contribution in [3.8, 4) is 0 Å². The van der Waals surface area contributed by atoms with Crippen molar-refractivity contribution in [2.24, 2.45) is 5.92 Å². The number of nitrogens with zero attached hydrogens (tertiary/aromatic N) is 1. The molecule has 2 heterocycles. The zero-order valence-corrected chi connectivity index (χ0v) is 10.4. The SMILES string of the molecule is CCCC1CC(=O)N(Cc2occc2C(=O)O)C1. The number of furan rings is 1. The molecular weight excluding hydrogens is 234 g/mol. The molecule has 18 heavy (non-hydrogen) atoms. The molecule has 1 unspecified atom stereocenters. The number of carbonyl (C=O) groups excluding carboxylic acids is 1. The number of carboxylic acid groups (broad SMARTS) is 1. The van der Waals surface area contributed by atoms with Gasteiger partial charge in [-0.05, 0) is 18.4 Å². The highest BCUT2D eigenvalue weighted by molar-refractivity contribution is 5.88. The lowest BCUT2D eigenvalue weighted by Gasteiger charge is -2.15. The van der Waals surface area contributed by atoms with Crippen LogP contribution in [0.2, 0.25) is 0 Å². The standard InChI is InChI=1S/C13H17NO4/c1-2-3-9-6-12(15)14(7-9)8-11-10(13(16)17)4-5-18-11/h4-5,9H,2-3,6-8H2,1H3,(H,16,17). The second-order valence-electron chi connectivity index (χ2n) is 4.70. The zero-order valence-electron chi connectivity index (χ0n) is 10.4. The van der Waals surface area contributed by atoms with E-state index in [4.69, 9.17) is 9.52 Å². The summed E-state index contributed by atoms with van der Waals surface area (Å²) in [4.78, 5) is 24.4. The maximum Gasteiger partial charge on any atom is 0.339 e. The minimum absolute atomic E-state index is 0.0844. The molecule has 0 spiro atoms. The molecule has 1 aromatic rings. The predicted octanol–water partition coefficient (Wildman–Crippen LogP) is 2.13. The first-order valence-corrected chi connectivity index (χ1v) is 6.19. The Balaban J connectivity index is 2.03. The molecule has 98 valence electrons. The first-order chi connectivity index (χ1) is 8.61. The summed E-state index contributed by atoms with van der Waals surface area (Å²) in [6.07, 6.45) is 4.01. The number of amides is 1. The Morgan fingerprint density at radius 2 is 2.39 bits per heavy atom. The van der Waals surface area contributed by atoms with Gasteiger partial charge in [-0.2, -0.15) is 0 Å². The van der Waals surface area contributed by atoms with E-state index in [2.05, 4.69) is 6.92 Å². The molecule has 1 amide bonds. The van der Waals surface area contributed by atoms with Crippen molar-refractivity contribution in [2.75, 3.05) is 6.54 Å². The Bertz CT molecular complexity index is 452. The molecule has 2 rings (SSSR count). The van der Waals surface area contributed by atoms with E-state index in [1.54, 1.807) is 4.90 Å². The Hall–Kier alpha value is -1.78. The van der Waals surface area contributed by atoms with E-state index < -0.39 is 5.97 Å². The number of hydrogen-bond acceptors (Lipinski definition) is 3. The first-order valence-electron chi connectivity index (χ1n) is 6.19. The van der Waals surface area contributed by atoms with Crippen LogP contribution in [0.15, 0.2) is 16.7 Å². The fourth-order valence-corrected chi connectivity index (χ4v) is 2.44. The van der Waals surface area contributed by atoms with Crippen LogP contribution in [0.3, 0.4) is 0 Å². The number of likely N-dealkylation sites (tertiary alicyclic amines) is 1. The average Bonchev–Trinajstić information content (AvgIpc) is 2.88. The molecular formula is C13H17NO4. The molecule has 1 N–H and O–H groups in total. The minimum atomic E-state index is -1.02. The van der Waals surface area contributed by atoms with Gasteiger partial charge in [-0.3, -0.25) is 4.79 Å². The third-order valence-corrected chi connectivity index (χ3v) is 3.30. The Morgan fingerprint density at radius 1 is 1.61 bits per heavy atom. The van der Waals surface area contributed by atoms with Crippen LogP contribution in [0, 0.1) is 5.92 Å². The molecule has 5 heteroatoms. The fraction of sp³-hybridized carbons (Fsp3) is 0.538. The van der Waals surface area contributed by atoms with Crippen molar-refractivity contribution in [1.29, 1.82) is 0 Å². The van der Waals surface area contributed by atoms with Gasteiger partial charge in [-0.15, -0.1) is 0 Å². The largest absolute Gasteiger partial charge is 0.478 e. The Kier molecular flexibility index (Phi) is 3.69. The Morgan fingerprint density at radius 3 is 3.06 bits per heavy atom. The smallest absolute Gasteiger partial charge is 0.339 e. The number of rotatable bonds is 5. The number of carbonyl (C=O) groups is 2. The van der Waals surface area contributed by atoms with Gasteiger partial charge in [0.05, 0.1) is 12.8 Å². The topological polar surface area (TPSA) is 70.8 Å². The van der Waals surface area contributed by atoms with Gasteiger partial charge >= 0.3 is 5.97 Å². The van der Waals surface area contributed by atoms with Crippen molar-refractivity contribution in [3.05, 3.63) is 23.7 Å². The van der Waals surface area contributed by atoms with E-state index in [9.17, 15) is 9.59 Å². The number of carboxylic acids is 1. The molecule has 5 nitrogen and oxygen atoms in total. The molecule has 0 aromatic carbocycles. The highest BCUT2D eigenvalue weighted by atomic mass is 16.4. The van der Waals surface area contributed by atoms with Gasteiger partial charge in [0.15, 0.2) is 0 Å². The van der Waals surface area contributed by atoms with Crippen LogP contribution in [0.25, 0.3) is 0 Å². The molecule has 1 aliphatic heterocycles. The summed E-state index contributed by atoms with van der Waals surface area (Å²) < 4.78 is 5.16. The molecule has 1 aromatic heterocycles. The van der Waals surface area contributed by atoms with Crippen LogP contribution in [0.1, 0.15) is 42.3 Å². The van der Waals surface area contributed by atoms with Gasteiger partial charge in [-0.25, -0.2) is 4.79 Å². The number of aromatic carboxylic acids is 1. The second kappa shape index (κ2) is 5.25. The van der Waals surface area contributed by atoms with Crippen LogP contribution in [0.5, 0.6) is 0 Å². The van der Waals surface area contributed by atoms with E-state index in [1.807, 2.05) is 0 Å². The first kappa shape index (κ1) is 12.7. The molecule has 0 aliphatic carbocycles. The molecule has 0 saturated carbocycles. The zero-order chi connectivity index (χ0) is 13.1. The summed E-state index contributed by atoms with van der Waals surface area (Å²) in [5, 5.41) is 8.97. The van der Waals surface area contributed by atoms with Gasteiger partial charge in [-0.1, -0.05) is 13.3 Å². The predicted molar refractivity (Wildman–Crippen MR) is 64.1 cm³/mol. The van der Waals surface area contributed by atoms with Crippen LogP contribution in [0.4, 0.5) is 0 Å². The van der Waals surface area contributed by atoms with Crippen LogP contribution in [-0.2, 0) is 11.3 Å². The highest BCUT2D eigenvalue weighted by Crippen LogP contribution is 2.24. The fourth-order valence-electron chi connectivity index (χ4n) is 2.44. The molecule has 0 bridgehead atoms. The summed E-state index contributed by atoms with van der Waals surface area (Å²) in [6.45, 7) is 3.06. The summed E-state index contributed by atoms with van der Waals surface area (Å²) in [5.41, 5.74) is 0.141. The third kappa shape index (κ3) is 2.55. The van der Waals surface area contributed by atoms with Gasteiger partial charge < -0.3 is 14.4 Å². The summed E-state index contributed by atoms with van der Waals surface area (Å²) in [6, 6.07) is 1.42. The molecule has 1 aliphatic rings. The van der Waals surface area contributed by atoms with Crippen molar-refractivity contribution in [3.63, 3.8) is 0 Å². The van der Waals surface area contributed by atoms with E-state index in [0.717, 1.165) is 12.8 Å². The minimum Gasteiger partial charge on any atom is -0.478 e. The third-order valence-electron chi connectivity index (χ3n) is 3.30. The van der Waals surface area contributed by atoms with Gasteiger partial charge in [0.2, 0.25) is 5.91 Å². The van der Waals surface area contributed by atoms with Crippen molar-refractivity contribution >= 4 is 11.9 Å². The van der Waals surface area contributed by atoms with Crippen LogP contribution < -0.4 is 0 Å². The van der Waals surface area contributed by atoms with Gasteiger partial charge in [0, 0.05) is 13.0 Å². The summed E-state index contributed by atoms with van der Waals surface area (Å²) in [5.74, 6) is -0.185. The average molecular weight is 251 g/mol. The van der Waals surface area contributed by atoms with E-state index in [-0.39, 0.29) is 18.0 Å². The maximum atomic E-state index is 11.8. The highest BCUT2D eigenvalue weighted by Gasteiger charge is 2.30. The summed E-state index contributed by atoms with van der Waals surface area (Å²) in [7, 11) is 0. The lowest BCUT2D eigenvalue weighted by molar-refractivity contribution is -0.128. The van der Waals surface area contributed by atoms with Crippen molar-refractivity contribution in [2.45, 2.75) is 32.7 Å². The molecule has 0 radical (unpaired) electrons.